The highest BCUT2D eigenvalue weighted by atomic mass is 16.6. The van der Waals surface area contributed by atoms with Gasteiger partial charge in [0.25, 0.3) is 0 Å². The minimum Gasteiger partial charge on any atom is -0.481 e. The summed E-state index contributed by atoms with van der Waals surface area (Å²) in [4.78, 5) is 30.9. The number of carbonyl (C=O) groups is 3. The Morgan fingerprint density at radius 1 is 1.42 bits per heavy atom. The summed E-state index contributed by atoms with van der Waals surface area (Å²) in [7, 11) is 0. The van der Waals surface area contributed by atoms with Crippen LogP contribution in [0.25, 0.3) is 0 Å². The topological polar surface area (TPSA) is 80.7 Å². The normalized spacial score (nSPS) is 8.75. The molecule has 0 aliphatic carbocycles. The maximum atomic E-state index is 10.7. The van der Waals surface area contributed by atoms with Crippen LogP contribution in [0.15, 0.2) is 12.2 Å². The Kier molecular flexibility index (Phi) is 3.69. The van der Waals surface area contributed by atoms with Crippen molar-refractivity contribution in [1.82, 2.24) is 0 Å². The smallest absolute Gasteiger partial charge is 0.341 e. The number of carbonyl (C=O) groups excluding carboxylic acids is 2. The summed E-state index contributed by atoms with van der Waals surface area (Å²) in [5.74, 6) is -2.98. The van der Waals surface area contributed by atoms with Crippen molar-refractivity contribution in [3.8, 4) is 0 Å². The van der Waals surface area contributed by atoms with Crippen LogP contribution in [0.2, 0.25) is 0 Å². The van der Waals surface area contributed by atoms with Gasteiger partial charge < -0.3 is 9.84 Å². The lowest BCUT2D eigenvalue weighted by Gasteiger charge is -1.99. The Labute approximate surface area is 68.6 Å². The fourth-order valence-corrected chi connectivity index (χ4v) is 0.457. The molecule has 5 heteroatoms. The molecule has 0 aromatic rings. The first-order valence-corrected chi connectivity index (χ1v) is 3.05. The van der Waals surface area contributed by atoms with Crippen molar-refractivity contribution in [1.29, 1.82) is 0 Å². The quantitative estimate of drug-likeness (QED) is 0.371. The first-order chi connectivity index (χ1) is 5.43. The van der Waals surface area contributed by atoms with Crippen LogP contribution < -0.4 is 0 Å². The largest absolute Gasteiger partial charge is 0.481 e. The average Bonchev–Trinajstić information content (AvgIpc) is 1.84. The summed E-state index contributed by atoms with van der Waals surface area (Å²) in [6, 6.07) is 0. The molecule has 1 N–H and O–H groups in total. The molecule has 0 fully saturated rings. The second-order valence-electron chi connectivity index (χ2n) is 2.06. The molecule has 0 bridgehead atoms. The Morgan fingerprint density at radius 3 is 2.25 bits per heavy atom. The van der Waals surface area contributed by atoms with Gasteiger partial charge in [0.15, 0.2) is 0 Å². The second-order valence-corrected chi connectivity index (χ2v) is 2.06. The van der Waals surface area contributed by atoms with E-state index < -0.39 is 24.3 Å². The van der Waals surface area contributed by atoms with Gasteiger partial charge in [0.05, 0.1) is 6.42 Å². The molecule has 66 valence electrons. The molecule has 0 rings (SSSR count). The SMILES string of the molecule is C=C(CC(=O)O)C(=O)OC(C)=O. The molecule has 0 radical (unpaired) electrons. The van der Waals surface area contributed by atoms with Crippen LogP contribution in [0.4, 0.5) is 0 Å². The highest BCUT2D eigenvalue weighted by Gasteiger charge is 2.13. The van der Waals surface area contributed by atoms with E-state index in [1.165, 1.54) is 0 Å². The molecule has 0 atom stereocenters. The molecule has 5 nitrogen and oxygen atoms in total. The molecule has 0 heterocycles. The third-order valence-corrected chi connectivity index (χ3v) is 0.890. The van der Waals surface area contributed by atoms with E-state index in [1.54, 1.807) is 0 Å². The summed E-state index contributed by atoms with van der Waals surface area (Å²) in [6.45, 7) is 4.19. The van der Waals surface area contributed by atoms with Crippen molar-refractivity contribution in [2.45, 2.75) is 13.3 Å². The molecule has 0 unspecified atom stereocenters. The predicted molar refractivity (Wildman–Crippen MR) is 38.2 cm³/mol. The van der Waals surface area contributed by atoms with Crippen molar-refractivity contribution in [2.24, 2.45) is 0 Å². The fourth-order valence-electron chi connectivity index (χ4n) is 0.457. The van der Waals surface area contributed by atoms with Crippen molar-refractivity contribution < 1.29 is 24.2 Å². The van der Waals surface area contributed by atoms with Crippen LogP contribution in [-0.4, -0.2) is 23.0 Å². The van der Waals surface area contributed by atoms with Gasteiger partial charge >= 0.3 is 17.9 Å². The summed E-state index contributed by atoms with van der Waals surface area (Å²) in [5, 5.41) is 8.21. The molecule has 0 saturated heterocycles. The van der Waals surface area contributed by atoms with Crippen molar-refractivity contribution in [2.75, 3.05) is 0 Å². The van der Waals surface area contributed by atoms with Gasteiger partial charge in [-0.25, -0.2) is 4.79 Å². The number of ether oxygens (including phenoxy) is 1. The number of hydrogen-bond acceptors (Lipinski definition) is 4. The molecule has 0 aliphatic heterocycles. The number of aliphatic carboxylic acids is 1. The van der Waals surface area contributed by atoms with Gasteiger partial charge in [-0.05, 0) is 0 Å². The molecular weight excluding hydrogens is 164 g/mol. The molecule has 0 saturated carbocycles. The third-order valence-electron chi connectivity index (χ3n) is 0.890. The summed E-state index contributed by atoms with van der Waals surface area (Å²) >= 11 is 0. The standard InChI is InChI=1S/C7H8O5/c1-4(3-6(9)10)7(11)12-5(2)8/h1,3H2,2H3,(H,9,10). The minimum atomic E-state index is -1.19. The zero-order chi connectivity index (χ0) is 9.72. The fraction of sp³-hybridized carbons (Fsp3) is 0.286. The van der Waals surface area contributed by atoms with Crippen molar-refractivity contribution in [3.05, 3.63) is 12.2 Å². The number of hydrogen-bond donors (Lipinski definition) is 1. The number of carboxylic acid groups (broad SMARTS) is 1. The van der Waals surface area contributed by atoms with E-state index in [0.29, 0.717) is 0 Å². The van der Waals surface area contributed by atoms with Gasteiger partial charge in [-0.1, -0.05) is 6.58 Å². The lowest BCUT2D eigenvalue weighted by Crippen LogP contribution is -2.13. The Morgan fingerprint density at radius 2 is 1.92 bits per heavy atom. The van der Waals surface area contributed by atoms with Crippen LogP contribution in [0.1, 0.15) is 13.3 Å². The molecule has 0 aromatic carbocycles. The molecule has 0 spiro atoms. The zero-order valence-corrected chi connectivity index (χ0v) is 6.49. The molecule has 0 aliphatic rings. The van der Waals surface area contributed by atoms with Crippen molar-refractivity contribution in [3.63, 3.8) is 0 Å². The van der Waals surface area contributed by atoms with E-state index in [4.69, 9.17) is 5.11 Å². The van der Waals surface area contributed by atoms with Crippen LogP contribution in [-0.2, 0) is 19.1 Å². The average molecular weight is 172 g/mol. The van der Waals surface area contributed by atoms with E-state index >= 15 is 0 Å². The van der Waals surface area contributed by atoms with Crippen LogP contribution in [0.5, 0.6) is 0 Å². The summed E-state index contributed by atoms with van der Waals surface area (Å²) in [5.41, 5.74) is -0.252. The van der Waals surface area contributed by atoms with Crippen LogP contribution in [0, 0.1) is 0 Å². The predicted octanol–water partition coefficient (Wildman–Crippen LogP) is 0.107. The molecular formula is C7H8O5. The molecule has 12 heavy (non-hydrogen) atoms. The second kappa shape index (κ2) is 4.27. The molecule has 0 amide bonds. The Bertz CT molecular complexity index is 214. The first-order valence-electron chi connectivity index (χ1n) is 3.05. The monoisotopic (exact) mass is 172 g/mol. The number of rotatable bonds is 3. The minimum absolute atomic E-state index is 0.252. The first kappa shape index (κ1) is 10.3. The van der Waals surface area contributed by atoms with E-state index in [9.17, 15) is 14.4 Å². The van der Waals surface area contributed by atoms with Gasteiger partial charge in [0.1, 0.15) is 0 Å². The number of esters is 2. The maximum Gasteiger partial charge on any atom is 0.341 e. The van der Waals surface area contributed by atoms with Gasteiger partial charge in [0, 0.05) is 12.5 Å². The van der Waals surface area contributed by atoms with Gasteiger partial charge in [-0.2, -0.15) is 0 Å². The lowest BCUT2D eigenvalue weighted by molar-refractivity contribution is -0.156. The Hall–Kier alpha value is -1.65. The van der Waals surface area contributed by atoms with Gasteiger partial charge in [-0.3, -0.25) is 9.59 Å². The third kappa shape index (κ3) is 4.21. The van der Waals surface area contributed by atoms with E-state index in [0.717, 1.165) is 6.92 Å². The lowest BCUT2D eigenvalue weighted by atomic mass is 10.2. The van der Waals surface area contributed by atoms with Gasteiger partial charge in [0.2, 0.25) is 0 Å². The number of carboxylic acids is 1. The zero-order valence-electron chi connectivity index (χ0n) is 6.49. The van der Waals surface area contributed by atoms with E-state index in [2.05, 4.69) is 11.3 Å². The Balaban J connectivity index is 4.03. The van der Waals surface area contributed by atoms with Crippen LogP contribution >= 0.6 is 0 Å². The van der Waals surface area contributed by atoms with E-state index in [-0.39, 0.29) is 5.57 Å². The van der Waals surface area contributed by atoms with E-state index in [1.807, 2.05) is 0 Å². The van der Waals surface area contributed by atoms with Gasteiger partial charge in [-0.15, -0.1) is 0 Å². The highest BCUT2D eigenvalue weighted by Crippen LogP contribution is 2.00. The maximum absolute atomic E-state index is 10.7. The highest BCUT2D eigenvalue weighted by molar-refractivity contribution is 5.98. The summed E-state index contributed by atoms with van der Waals surface area (Å²) < 4.78 is 4.07. The molecule has 0 aromatic heterocycles. The van der Waals surface area contributed by atoms with Crippen molar-refractivity contribution >= 4 is 17.9 Å². The van der Waals surface area contributed by atoms with Crippen LogP contribution in [0.3, 0.4) is 0 Å². The summed E-state index contributed by atoms with van der Waals surface area (Å²) in [6.07, 6.45) is -0.522.